The van der Waals surface area contributed by atoms with E-state index in [2.05, 4.69) is 10.6 Å². The smallest absolute Gasteiger partial charge is 0.244 e. The van der Waals surface area contributed by atoms with Crippen molar-refractivity contribution in [3.05, 3.63) is 63.9 Å². The molecule has 0 spiro atoms. The molecule has 26 heavy (non-hydrogen) atoms. The Morgan fingerprint density at radius 1 is 1.19 bits per heavy atom. The fourth-order valence-corrected chi connectivity index (χ4v) is 2.31. The first-order valence-corrected chi connectivity index (χ1v) is 8.19. The number of anilines is 1. The number of hydrogen-bond acceptors (Lipinski definition) is 3. The van der Waals surface area contributed by atoms with Crippen LogP contribution in [-0.4, -0.2) is 25.5 Å². The Hall–Kier alpha value is -2.57. The first-order valence-electron chi connectivity index (χ1n) is 7.43. The van der Waals surface area contributed by atoms with Crippen molar-refractivity contribution in [2.75, 3.05) is 19.0 Å². The van der Waals surface area contributed by atoms with Gasteiger partial charge in [0, 0.05) is 11.1 Å². The standard InChI is InChI=1S/C18H15Cl2FN2O3/c1-26-16-6-2-11(8-14(16)21)3-7-17(24)22-10-18(25)23-15-9-12(19)4-5-13(15)20/h2-9H,10H2,1H3,(H,22,24)(H,23,25)/b7-3+. The molecule has 0 aromatic heterocycles. The molecule has 5 nitrogen and oxygen atoms in total. The number of carbonyl (C=O) groups excluding carboxylic acids is 2. The SMILES string of the molecule is COc1ccc(/C=C/C(=O)NCC(=O)Nc2cc(Cl)ccc2Cl)cc1F. The number of ether oxygens (including phenoxy) is 1. The minimum Gasteiger partial charge on any atom is -0.494 e. The average molecular weight is 397 g/mol. The zero-order valence-corrected chi connectivity index (χ0v) is 15.2. The van der Waals surface area contributed by atoms with Crippen molar-refractivity contribution in [1.29, 1.82) is 0 Å². The zero-order valence-electron chi connectivity index (χ0n) is 13.7. The van der Waals surface area contributed by atoms with Gasteiger partial charge in [0.1, 0.15) is 0 Å². The number of hydrogen-bond donors (Lipinski definition) is 2. The predicted octanol–water partition coefficient (Wildman–Crippen LogP) is 3.91. The van der Waals surface area contributed by atoms with Gasteiger partial charge in [-0.3, -0.25) is 9.59 Å². The fraction of sp³-hybridized carbons (Fsp3) is 0.111. The fourth-order valence-electron chi connectivity index (χ4n) is 1.97. The molecule has 0 saturated carbocycles. The van der Waals surface area contributed by atoms with E-state index in [1.165, 1.54) is 37.5 Å². The topological polar surface area (TPSA) is 67.4 Å². The zero-order chi connectivity index (χ0) is 19.1. The van der Waals surface area contributed by atoms with Crippen LogP contribution in [0.1, 0.15) is 5.56 Å². The van der Waals surface area contributed by atoms with Crippen molar-refractivity contribution < 1.29 is 18.7 Å². The maximum absolute atomic E-state index is 13.6. The normalized spacial score (nSPS) is 10.6. The van der Waals surface area contributed by atoms with Crippen molar-refractivity contribution in [2.24, 2.45) is 0 Å². The van der Waals surface area contributed by atoms with E-state index < -0.39 is 17.6 Å². The lowest BCUT2D eigenvalue weighted by atomic mass is 10.2. The Labute approximate surface area is 159 Å². The van der Waals surface area contributed by atoms with Crippen molar-refractivity contribution in [2.45, 2.75) is 0 Å². The van der Waals surface area contributed by atoms with Gasteiger partial charge in [-0.25, -0.2) is 4.39 Å². The minimum atomic E-state index is -0.534. The van der Waals surface area contributed by atoms with Crippen molar-refractivity contribution in [1.82, 2.24) is 5.32 Å². The molecule has 0 saturated heterocycles. The largest absolute Gasteiger partial charge is 0.494 e. The van der Waals surface area contributed by atoms with Crippen LogP contribution < -0.4 is 15.4 Å². The molecule has 136 valence electrons. The van der Waals surface area contributed by atoms with E-state index in [0.717, 1.165) is 0 Å². The average Bonchev–Trinajstić information content (AvgIpc) is 2.61. The number of nitrogens with one attached hydrogen (secondary N) is 2. The van der Waals surface area contributed by atoms with E-state index >= 15 is 0 Å². The van der Waals surface area contributed by atoms with E-state index in [0.29, 0.717) is 21.3 Å². The molecule has 2 aromatic carbocycles. The maximum Gasteiger partial charge on any atom is 0.244 e. The number of halogens is 3. The summed E-state index contributed by atoms with van der Waals surface area (Å²) in [6.45, 7) is -0.261. The summed E-state index contributed by atoms with van der Waals surface area (Å²) in [5.41, 5.74) is 0.830. The molecule has 0 aliphatic heterocycles. The highest BCUT2D eigenvalue weighted by molar-refractivity contribution is 6.35. The molecule has 2 rings (SSSR count). The Balaban J connectivity index is 1.87. The highest BCUT2D eigenvalue weighted by Gasteiger charge is 2.08. The summed E-state index contributed by atoms with van der Waals surface area (Å²) < 4.78 is 18.4. The van der Waals surface area contributed by atoms with Gasteiger partial charge in [-0.05, 0) is 42.0 Å². The van der Waals surface area contributed by atoms with E-state index in [1.54, 1.807) is 18.2 Å². The Morgan fingerprint density at radius 2 is 1.96 bits per heavy atom. The molecule has 0 aliphatic carbocycles. The Kier molecular flexibility index (Phi) is 7.00. The molecule has 8 heteroatoms. The molecule has 2 N–H and O–H groups in total. The van der Waals surface area contributed by atoms with Crippen LogP contribution in [0, 0.1) is 5.82 Å². The highest BCUT2D eigenvalue weighted by Crippen LogP contribution is 2.25. The second-order valence-electron chi connectivity index (χ2n) is 5.12. The van der Waals surface area contributed by atoms with Crippen LogP contribution >= 0.6 is 23.2 Å². The molecule has 0 unspecified atom stereocenters. The first kappa shape index (κ1) is 19.8. The molecule has 0 aliphatic rings. The number of rotatable bonds is 6. The van der Waals surface area contributed by atoms with Gasteiger partial charge in [-0.15, -0.1) is 0 Å². The molecule has 0 atom stereocenters. The monoisotopic (exact) mass is 396 g/mol. The second kappa shape index (κ2) is 9.22. The molecule has 2 amide bonds. The summed E-state index contributed by atoms with van der Waals surface area (Å²) >= 11 is 11.8. The van der Waals surface area contributed by atoms with Crippen LogP contribution in [0.5, 0.6) is 5.75 Å². The summed E-state index contributed by atoms with van der Waals surface area (Å²) in [6.07, 6.45) is 2.62. The number of methoxy groups -OCH3 is 1. The van der Waals surface area contributed by atoms with Crippen molar-refractivity contribution >= 4 is 46.8 Å². The van der Waals surface area contributed by atoms with Crippen LogP contribution in [-0.2, 0) is 9.59 Å². The molecule has 0 heterocycles. The number of benzene rings is 2. The third-order valence-corrected chi connectivity index (χ3v) is 3.79. The molecular weight excluding hydrogens is 382 g/mol. The van der Waals surface area contributed by atoms with Gasteiger partial charge in [-0.1, -0.05) is 29.3 Å². The van der Waals surface area contributed by atoms with E-state index in [4.69, 9.17) is 27.9 Å². The lowest BCUT2D eigenvalue weighted by Crippen LogP contribution is -2.31. The second-order valence-corrected chi connectivity index (χ2v) is 5.96. The molecule has 0 radical (unpaired) electrons. The third-order valence-electron chi connectivity index (χ3n) is 3.23. The molecule has 2 aromatic rings. The van der Waals surface area contributed by atoms with Gasteiger partial charge >= 0.3 is 0 Å². The minimum absolute atomic E-state index is 0.114. The van der Waals surface area contributed by atoms with Gasteiger partial charge in [0.2, 0.25) is 11.8 Å². The molecule has 0 fully saturated rings. The van der Waals surface area contributed by atoms with E-state index in [-0.39, 0.29) is 12.3 Å². The quantitative estimate of drug-likeness (QED) is 0.727. The third kappa shape index (κ3) is 5.75. The molecule has 0 bridgehead atoms. The van der Waals surface area contributed by atoms with Crippen LogP contribution in [0.25, 0.3) is 6.08 Å². The Morgan fingerprint density at radius 3 is 2.65 bits per heavy atom. The lowest BCUT2D eigenvalue weighted by Gasteiger charge is -2.08. The van der Waals surface area contributed by atoms with Crippen LogP contribution in [0.3, 0.4) is 0 Å². The summed E-state index contributed by atoms with van der Waals surface area (Å²) in [4.78, 5) is 23.6. The number of carbonyl (C=O) groups is 2. The lowest BCUT2D eigenvalue weighted by molar-refractivity contribution is -0.121. The van der Waals surface area contributed by atoms with Crippen LogP contribution in [0.4, 0.5) is 10.1 Å². The van der Waals surface area contributed by atoms with Gasteiger partial charge < -0.3 is 15.4 Å². The van der Waals surface area contributed by atoms with Crippen LogP contribution in [0.15, 0.2) is 42.5 Å². The first-order chi connectivity index (χ1) is 12.4. The van der Waals surface area contributed by atoms with Gasteiger partial charge in [-0.2, -0.15) is 0 Å². The van der Waals surface area contributed by atoms with Gasteiger partial charge in [0.25, 0.3) is 0 Å². The Bertz CT molecular complexity index is 856. The van der Waals surface area contributed by atoms with Crippen molar-refractivity contribution in [3.8, 4) is 5.75 Å². The highest BCUT2D eigenvalue weighted by atomic mass is 35.5. The maximum atomic E-state index is 13.6. The van der Waals surface area contributed by atoms with Crippen LogP contribution in [0.2, 0.25) is 10.0 Å². The van der Waals surface area contributed by atoms with Crippen molar-refractivity contribution in [3.63, 3.8) is 0 Å². The summed E-state index contributed by atoms with van der Waals surface area (Å²) in [5.74, 6) is -1.39. The summed E-state index contributed by atoms with van der Waals surface area (Å²) in [5, 5.41) is 5.70. The van der Waals surface area contributed by atoms with E-state index in [9.17, 15) is 14.0 Å². The number of amides is 2. The predicted molar refractivity (Wildman–Crippen MR) is 100 cm³/mol. The summed E-state index contributed by atoms with van der Waals surface area (Å²) in [7, 11) is 1.36. The van der Waals surface area contributed by atoms with Gasteiger partial charge in [0.05, 0.1) is 24.4 Å². The summed E-state index contributed by atoms with van der Waals surface area (Å²) in [6, 6.07) is 8.93. The van der Waals surface area contributed by atoms with E-state index in [1.807, 2.05) is 0 Å². The molecular formula is C18H15Cl2FN2O3. The van der Waals surface area contributed by atoms with Gasteiger partial charge in [0.15, 0.2) is 11.6 Å².